The molecule has 1 aliphatic rings. The van der Waals surface area contributed by atoms with Gasteiger partial charge in [0.05, 0.1) is 0 Å². The molecule has 4 nitrogen and oxygen atoms in total. The zero-order valence-corrected chi connectivity index (χ0v) is 7.31. The standard InChI is InChI=1S/C9H14N2O2/c10-7-3-1-6(2-4-7)5-8(11)9(12)13/h1,3,5,7-8H,2,4,10-11H2,(H,12,13)/b6-5+/t7-,8?/m0/s1. The molecule has 0 aromatic heterocycles. The van der Waals surface area contributed by atoms with Gasteiger partial charge in [-0.2, -0.15) is 0 Å². The second-order valence-electron chi connectivity index (χ2n) is 3.17. The maximum absolute atomic E-state index is 10.4. The van der Waals surface area contributed by atoms with Crippen molar-refractivity contribution in [1.82, 2.24) is 0 Å². The van der Waals surface area contributed by atoms with Gasteiger partial charge in [0.2, 0.25) is 0 Å². The first-order chi connectivity index (χ1) is 6.09. The molecule has 0 heterocycles. The minimum Gasteiger partial charge on any atom is -0.480 e. The third-order valence-electron chi connectivity index (χ3n) is 2.00. The van der Waals surface area contributed by atoms with E-state index >= 15 is 0 Å². The molecule has 0 aromatic rings. The lowest BCUT2D eigenvalue weighted by molar-refractivity contribution is -0.137. The van der Waals surface area contributed by atoms with E-state index in [1.165, 1.54) is 0 Å². The summed E-state index contributed by atoms with van der Waals surface area (Å²) in [4.78, 5) is 10.4. The molecule has 0 saturated heterocycles. The molecule has 0 bridgehead atoms. The van der Waals surface area contributed by atoms with Gasteiger partial charge in [0.1, 0.15) is 6.04 Å². The minimum absolute atomic E-state index is 0.0956. The average molecular weight is 182 g/mol. The SMILES string of the molecule is NC(/C=C1\C=C[C@H](N)CC1)C(=O)O. The van der Waals surface area contributed by atoms with Crippen molar-refractivity contribution < 1.29 is 9.90 Å². The van der Waals surface area contributed by atoms with Gasteiger partial charge in [-0.25, -0.2) is 0 Å². The number of hydrogen-bond acceptors (Lipinski definition) is 3. The summed E-state index contributed by atoms with van der Waals surface area (Å²) in [6.07, 6.45) is 6.93. The van der Waals surface area contributed by atoms with Crippen LogP contribution in [-0.2, 0) is 4.79 Å². The second kappa shape index (κ2) is 4.20. The van der Waals surface area contributed by atoms with Gasteiger partial charge < -0.3 is 16.6 Å². The van der Waals surface area contributed by atoms with Crippen molar-refractivity contribution in [2.24, 2.45) is 11.5 Å². The van der Waals surface area contributed by atoms with Gasteiger partial charge in [-0.15, -0.1) is 0 Å². The Balaban J connectivity index is 2.62. The lowest BCUT2D eigenvalue weighted by Crippen LogP contribution is -2.28. The molecule has 0 aliphatic heterocycles. The van der Waals surface area contributed by atoms with E-state index in [2.05, 4.69) is 0 Å². The van der Waals surface area contributed by atoms with Gasteiger partial charge in [0, 0.05) is 6.04 Å². The first kappa shape index (κ1) is 9.95. The first-order valence-corrected chi connectivity index (χ1v) is 4.22. The van der Waals surface area contributed by atoms with Crippen LogP contribution in [-0.4, -0.2) is 23.2 Å². The van der Waals surface area contributed by atoms with Crippen LogP contribution in [0.4, 0.5) is 0 Å². The highest BCUT2D eigenvalue weighted by Crippen LogP contribution is 2.15. The van der Waals surface area contributed by atoms with Crippen LogP contribution < -0.4 is 11.5 Å². The van der Waals surface area contributed by atoms with E-state index in [0.717, 1.165) is 18.4 Å². The van der Waals surface area contributed by atoms with E-state index in [1.54, 1.807) is 6.08 Å². The van der Waals surface area contributed by atoms with Crippen LogP contribution in [0, 0.1) is 0 Å². The Labute approximate surface area is 76.9 Å². The highest BCUT2D eigenvalue weighted by Gasteiger charge is 2.11. The summed E-state index contributed by atoms with van der Waals surface area (Å²) in [6, 6.07) is -0.813. The fraction of sp³-hybridized carbons (Fsp3) is 0.444. The number of rotatable bonds is 2. The van der Waals surface area contributed by atoms with Crippen LogP contribution in [0.25, 0.3) is 0 Å². The van der Waals surface area contributed by atoms with Crippen molar-refractivity contribution in [2.45, 2.75) is 24.9 Å². The molecule has 0 fully saturated rings. The van der Waals surface area contributed by atoms with E-state index in [9.17, 15) is 4.79 Å². The fourth-order valence-electron chi connectivity index (χ4n) is 1.20. The van der Waals surface area contributed by atoms with E-state index in [1.807, 2.05) is 12.2 Å². The van der Waals surface area contributed by atoms with Crippen molar-refractivity contribution in [3.05, 3.63) is 23.8 Å². The monoisotopic (exact) mass is 182 g/mol. The van der Waals surface area contributed by atoms with Crippen LogP contribution in [0.5, 0.6) is 0 Å². The van der Waals surface area contributed by atoms with Gasteiger partial charge in [0.15, 0.2) is 0 Å². The third kappa shape index (κ3) is 3.01. The lowest BCUT2D eigenvalue weighted by atomic mass is 9.97. The maximum atomic E-state index is 10.4. The predicted octanol–water partition coefficient (Wildman–Crippen LogP) is 0.00200. The van der Waals surface area contributed by atoms with Crippen LogP contribution in [0.2, 0.25) is 0 Å². The van der Waals surface area contributed by atoms with E-state index in [0.29, 0.717) is 0 Å². The van der Waals surface area contributed by atoms with E-state index in [4.69, 9.17) is 16.6 Å². The Kier molecular flexibility index (Phi) is 3.22. The molecule has 0 spiro atoms. The Hall–Kier alpha value is -1.13. The quantitative estimate of drug-likeness (QED) is 0.561. The summed E-state index contributed by atoms with van der Waals surface area (Å²) >= 11 is 0. The molecule has 0 aromatic carbocycles. The molecule has 0 amide bonds. The molecule has 1 rings (SSSR count). The van der Waals surface area contributed by atoms with Crippen molar-refractivity contribution in [1.29, 1.82) is 0 Å². The molecule has 1 aliphatic carbocycles. The van der Waals surface area contributed by atoms with Crippen LogP contribution in [0.3, 0.4) is 0 Å². The molecule has 72 valence electrons. The van der Waals surface area contributed by atoms with Crippen LogP contribution in [0.1, 0.15) is 12.8 Å². The van der Waals surface area contributed by atoms with Gasteiger partial charge in [-0.3, -0.25) is 4.79 Å². The number of nitrogens with two attached hydrogens (primary N) is 2. The molecule has 0 saturated carbocycles. The molecule has 2 atom stereocenters. The first-order valence-electron chi connectivity index (χ1n) is 4.22. The van der Waals surface area contributed by atoms with Crippen molar-refractivity contribution in [3.8, 4) is 0 Å². The van der Waals surface area contributed by atoms with Crippen molar-refractivity contribution in [2.75, 3.05) is 0 Å². The van der Waals surface area contributed by atoms with Crippen molar-refractivity contribution in [3.63, 3.8) is 0 Å². The van der Waals surface area contributed by atoms with Crippen LogP contribution >= 0.6 is 0 Å². The topological polar surface area (TPSA) is 89.3 Å². The summed E-state index contributed by atoms with van der Waals surface area (Å²) in [7, 11) is 0. The van der Waals surface area contributed by atoms with E-state index < -0.39 is 12.0 Å². The second-order valence-corrected chi connectivity index (χ2v) is 3.17. The highest BCUT2D eigenvalue weighted by molar-refractivity contribution is 5.75. The molecule has 5 N–H and O–H groups in total. The lowest BCUT2D eigenvalue weighted by Gasteiger charge is -2.14. The fourth-order valence-corrected chi connectivity index (χ4v) is 1.20. The van der Waals surface area contributed by atoms with Crippen LogP contribution in [0.15, 0.2) is 23.8 Å². The Morgan fingerprint density at radius 1 is 1.77 bits per heavy atom. The van der Waals surface area contributed by atoms with E-state index in [-0.39, 0.29) is 6.04 Å². The number of aliphatic carboxylic acids is 1. The van der Waals surface area contributed by atoms with Gasteiger partial charge >= 0.3 is 5.97 Å². The number of carboxylic acids is 1. The zero-order chi connectivity index (χ0) is 9.84. The molecule has 13 heavy (non-hydrogen) atoms. The maximum Gasteiger partial charge on any atom is 0.324 e. The predicted molar refractivity (Wildman–Crippen MR) is 50.0 cm³/mol. The largest absolute Gasteiger partial charge is 0.480 e. The van der Waals surface area contributed by atoms with Crippen molar-refractivity contribution >= 4 is 5.97 Å². The number of allylic oxidation sites excluding steroid dienone is 2. The molecular formula is C9H14N2O2. The summed E-state index contributed by atoms with van der Waals surface area (Å²) < 4.78 is 0. The summed E-state index contributed by atoms with van der Waals surface area (Å²) in [6.45, 7) is 0. The Morgan fingerprint density at radius 3 is 2.92 bits per heavy atom. The Bertz CT molecular complexity index is 258. The number of carboxylic acid groups (broad SMARTS) is 1. The average Bonchev–Trinajstić information content (AvgIpc) is 2.08. The number of hydrogen-bond donors (Lipinski definition) is 3. The minimum atomic E-state index is -1.00. The normalized spacial score (nSPS) is 27.5. The van der Waals surface area contributed by atoms with Gasteiger partial charge in [-0.1, -0.05) is 23.8 Å². The molecule has 0 radical (unpaired) electrons. The number of carbonyl (C=O) groups is 1. The third-order valence-corrected chi connectivity index (χ3v) is 2.00. The van der Waals surface area contributed by atoms with Gasteiger partial charge in [0.25, 0.3) is 0 Å². The highest BCUT2D eigenvalue weighted by atomic mass is 16.4. The Morgan fingerprint density at radius 2 is 2.46 bits per heavy atom. The smallest absolute Gasteiger partial charge is 0.324 e. The zero-order valence-electron chi connectivity index (χ0n) is 7.31. The molecule has 4 heteroatoms. The van der Waals surface area contributed by atoms with Gasteiger partial charge in [-0.05, 0) is 12.8 Å². The summed E-state index contributed by atoms with van der Waals surface area (Å²) in [5, 5.41) is 8.55. The summed E-state index contributed by atoms with van der Waals surface area (Å²) in [5.41, 5.74) is 11.9. The summed E-state index contributed by atoms with van der Waals surface area (Å²) in [5.74, 6) is -1.00. The molecule has 1 unspecified atom stereocenters. The molecular weight excluding hydrogens is 168 g/mol.